The zero-order chi connectivity index (χ0) is 20.3. The first-order valence-electron chi connectivity index (χ1n) is 8.39. The van der Waals surface area contributed by atoms with Gasteiger partial charge in [-0.1, -0.05) is 52.8 Å². The smallest absolute Gasteiger partial charge is 0.406 e. The maximum atomic E-state index is 12.4. The predicted molar refractivity (Wildman–Crippen MR) is 107 cm³/mol. The molecule has 4 nitrogen and oxygen atoms in total. The largest absolute Gasteiger partial charge is 0.573 e. The second-order valence-corrected chi connectivity index (χ2v) is 8.31. The summed E-state index contributed by atoms with van der Waals surface area (Å²) < 4.78 is 43.1. The lowest BCUT2D eigenvalue weighted by molar-refractivity contribution is -0.274. The van der Waals surface area contributed by atoms with Gasteiger partial charge in [-0.3, -0.25) is 0 Å². The van der Waals surface area contributed by atoms with Crippen molar-refractivity contribution in [3.05, 3.63) is 51.7 Å². The third-order valence-corrected chi connectivity index (χ3v) is 6.45. The van der Waals surface area contributed by atoms with Crippen LogP contribution in [-0.4, -0.2) is 21.1 Å². The third-order valence-electron chi connectivity index (χ3n) is 3.79. The van der Waals surface area contributed by atoms with Crippen molar-refractivity contribution in [1.82, 2.24) is 14.8 Å². The van der Waals surface area contributed by atoms with Crippen molar-refractivity contribution >= 4 is 40.0 Å². The fourth-order valence-corrected chi connectivity index (χ4v) is 4.83. The molecular weight excluding hydrogens is 431 g/mol. The molecule has 0 spiro atoms. The highest BCUT2D eigenvalue weighted by molar-refractivity contribution is 8.11. The molecule has 0 aliphatic carbocycles. The molecular formula is C18H17ClF3N3OS2. The molecule has 0 amide bonds. The first kappa shape index (κ1) is 21.1. The van der Waals surface area contributed by atoms with E-state index in [0.29, 0.717) is 35.3 Å². The van der Waals surface area contributed by atoms with Crippen LogP contribution in [0.25, 0.3) is 4.91 Å². The van der Waals surface area contributed by atoms with E-state index in [4.69, 9.17) is 11.6 Å². The van der Waals surface area contributed by atoms with E-state index in [1.807, 2.05) is 18.4 Å². The summed E-state index contributed by atoms with van der Waals surface area (Å²) in [5, 5.41) is 12.0. The lowest BCUT2D eigenvalue weighted by atomic mass is 10.2. The number of ether oxygens (including phenoxy) is 1. The lowest BCUT2D eigenvalue weighted by Crippen LogP contribution is -2.17. The van der Waals surface area contributed by atoms with Crippen LogP contribution in [0.5, 0.6) is 5.75 Å². The Morgan fingerprint density at radius 3 is 2.79 bits per heavy atom. The average Bonchev–Trinajstić information content (AvgIpc) is 3.01. The Morgan fingerprint density at radius 1 is 1.32 bits per heavy atom. The van der Waals surface area contributed by atoms with Gasteiger partial charge in [-0.25, -0.2) is 0 Å². The molecule has 0 fully saturated rings. The number of nitrogens with zero attached hydrogens (tertiary/aromatic N) is 3. The molecule has 0 saturated heterocycles. The van der Waals surface area contributed by atoms with E-state index >= 15 is 0 Å². The summed E-state index contributed by atoms with van der Waals surface area (Å²) in [5.74, 6) is 0.908. The minimum absolute atomic E-state index is 0.235. The van der Waals surface area contributed by atoms with Gasteiger partial charge in [0, 0.05) is 23.8 Å². The second-order valence-electron chi connectivity index (χ2n) is 6.03. The summed E-state index contributed by atoms with van der Waals surface area (Å²) in [4.78, 5) is 0.883. The van der Waals surface area contributed by atoms with Gasteiger partial charge in [0.15, 0.2) is 11.0 Å². The van der Waals surface area contributed by atoms with Gasteiger partial charge in [-0.05, 0) is 37.0 Å². The second kappa shape index (κ2) is 8.84. The molecule has 28 heavy (non-hydrogen) atoms. The van der Waals surface area contributed by atoms with Crippen LogP contribution < -0.4 is 4.74 Å². The van der Waals surface area contributed by atoms with Gasteiger partial charge in [0.2, 0.25) is 0 Å². The van der Waals surface area contributed by atoms with E-state index in [0.717, 1.165) is 9.94 Å². The summed E-state index contributed by atoms with van der Waals surface area (Å²) in [6.07, 6.45) is -4.02. The minimum atomic E-state index is -4.71. The molecule has 0 bridgehead atoms. The number of hydrogen-bond donors (Lipinski definition) is 0. The summed E-state index contributed by atoms with van der Waals surface area (Å²) in [6, 6.07) is 5.93. The van der Waals surface area contributed by atoms with E-state index in [9.17, 15) is 13.2 Å². The van der Waals surface area contributed by atoms with Crippen LogP contribution >= 0.6 is 35.1 Å². The first-order chi connectivity index (χ1) is 13.3. The first-order valence-corrected chi connectivity index (χ1v) is 10.6. The van der Waals surface area contributed by atoms with E-state index < -0.39 is 6.36 Å². The van der Waals surface area contributed by atoms with Gasteiger partial charge in [0.05, 0.1) is 4.91 Å². The molecule has 0 saturated carbocycles. The van der Waals surface area contributed by atoms with E-state index in [1.54, 1.807) is 6.07 Å². The maximum absolute atomic E-state index is 12.4. The zero-order valence-electron chi connectivity index (χ0n) is 15.1. The highest BCUT2D eigenvalue weighted by atomic mass is 35.5. The van der Waals surface area contributed by atoms with Crippen LogP contribution in [-0.2, 0) is 12.3 Å². The number of thioether (sulfide) groups is 2. The number of hydrogen-bond acceptors (Lipinski definition) is 5. The summed E-state index contributed by atoms with van der Waals surface area (Å²) in [7, 11) is 0. The molecule has 2 heterocycles. The van der Waals surface area contributed by atoms with Crippen molar-refractivity contribution in [2.24, 2.45) is 0 Å². The van der Waals surface area contributed by atoms with Crippen LogP contribution in [0.3, 0.4) is 0 Å². The van der Waals surface area contributed by atoms with Crippen LogP contribution in [0.1, 0.15) is 31.7 Å². The summed E-state index contributed by atoms with van der Waals surface area (Å²) in [5.41, 5.74) is 1.89. The van der Waals surface area contributed by atoms with Crippen molar-refractivity contribution in [2.75, 3.05) is 0 Å². The molecule has 10 heteroatoms. The SMILES string of the molecule is CCn1c(SCc2cccc(OC(F)(F)F)c2)nnc1C1=C(Cl)CC(C)=CS1. The summed E-state index contributed by atoms with van der Waals surface area (Å²) >= 11 is 9.34. The molecule has 1 aliphatic heterocycles. The lowest BCUT2D eigenvalue weighted by Gasteiger charge is -2.15. The van der Waals surface area contributed by atoms with E-state index in [2.05, 4.69) is 20.3 Å². The average molecular weight is 448 g/mol. The van der Waals surface area contributed by atoms with Crippen LogP contribution in [0, 0.1) is 0 Å². The Kier molecular flexibility index (Phi) is 6.67. The third kappa shape index (κ3) is 5.27. The molecule has 3 rings (SSSR count). The van der Waals surface area contributed by atoms with Crippen LogP contribution in [0.4, 0.5) is 13.2 Å². The van der Waals surface area contributed by atoms with Crippen molar-refractivity contribution in [2.45, 2.75) is 44.1 Å². The Labute approximate surface area is 174 Å². The molecule has 150 valence electrons. The Morgan fingerprint density at radius 2 is 2.11 bits per heavy atom. The fourth-order valence-electron chi connectivity index (χ4n) is 2.59. The monoisotopic (exact) mass is 447 g/mol. The van der Waals surface area contributed by atoms with Crippen LogP contribution in [0.2, 0.25) is 0 Å². The molecule has 0 unspecified atom stereocenters. The quantitative estimate of drug-likeness (QED) is 0.477. The highest BCUT2D eigenvalue weighted by Crippen LogP contribution is 2.41. The van der Waals surface area contributed by atoms with Gasteiger partial charge in [0.1, 0.15) is 5.75 Å². The van der Waals surface area contributed by atoms with Crippen molar-refractivity contribution in [3.8, 4) is 5.75 Å². The Hall–Kier alpha value is -1.58. The molecule has 1 aromatic heterocycles. The molecule has 2 aromatic rings. The van der Waals surface area contributed by atoms with Crippen molar-refractivity contribution in [3.63, 3.8) is 0 Å². The molecule has 0 N–H and O–H groups in total. The summed E-state index contributed by atoms with van der Waals surface area (Å²) in [6.45, 7) is 4.66. The predicted octanol–water partition coefficient (Wildman–Crippen LogP) is 6.44. The van der Waals surface area contributed by atoms with Gasteiger partial charge >= 0.3 is 6.36 Å². The van der Waals surface area contributed by atoms with Crippen molar-refractivity contribution < 1.29 is 17.9 Å². The van der Waals surface area contributed by atoms with Gasteiger partial charge < -0.3 is 9.30 Å². The van der Waals surface area contributed by atoms with Crippen molar-refractivity contribution in [1.29, 1.82) is 0 Å². The topological polar surface area (TPSA) is 39.9 Å². The normalized spacial score (nSPS) is 15.0. The molecule has 0 atom stereocenters. The number of alkyl halides is 3. The fraction of sp³-hybridized carbons (Fsp3) is 0.333. The number of aromatic nitrogens is 3. The van der Waals surface area contributed by atoms with E-state index in [-0.39, 0.29) is 5.75 Å². The maximum Gasteiger partial charge on any atom is 0.573 e. The molecule has 0 radical (unpaired) electrons. The number of halogens is 4. The van der Waals surface area contributed by atoms with Crippen LogP contribution in [0.15, 0.2) is 45.4 Å². The number of rotatable bonds is 6. The minimum Gasteiger partial charge on any atom is -0.406 e. The standard InChI is InChI=1S/C18H17ClF3N3OS2/c1-3-25-16(15-14(19)7-11(2)9-27-15)23-24-17(25)28-10-12-5-4-6-13(8-12)26-18(20,21)22/h4-6,8-9H,3,7,10H2,1-2H3. The number of allylic oxidation sites excluding steroid dienone is 2. The highest BCUT2D eigenvalue weighted by Gasteiger charge is 2.31. The molecule has 1 aromatic carbocycles. The van der Waals surface area contributed by atoms with E-state index in [1.165, 1.54) is 47.3 Å². The Balaban J connectivity index is 1.75. The number of benzene rings is 1. The van der Waals surface area contributed by atoms with Gasteiger partial charge in [-0.2, -0.15) is 0 Å². The molecule has 1 aliphatic rings. The van der Waals surface area contributed by atoms with Gasteiger partial charge in [-0.15, -0.1) is 23.4 Å². The zero-order valence-corrected chi connectivity index (χ0v) is 17.5. The van der Waals surface area contributed by atoms with Gasteiger partial charge in [0.25, 0.3) is 0 Å². The Bertz CT molecular complexity index is 925.